The topological polar surface area (TPSA) is 34.9 Å². The minimum absolute atomic E-state index is 0.0641. The molecule has 1 aromatic carbocycles. The Morgan fingerprint density at radius 3 is 2.84 bits per heavy atom. The normalized spacial score (nSPS) is 10.7. The van der Waals surface area contributed by atoms with Crippen molar-refractivity contribution < 1.29 is 13.6 Å². The summed E-state index contributed by atoms with van der Waals surface area (Å²) < 4.78 is 28.2. The molecule has 2 rings (SSSR count). The van der Waals surface area contributed by atoms with Gasteiger partial charge in [0.25, 0.3) is 0 Å². The molecule has 0 fully saturated rings. The van der Waals surface area contributed by atoms with E-state index in [-0.39, 0.29) is 17.8 Å². The van der Waals surface area contributed by atoms with Gasteiger partial charge in [0, 0.05) is 19.2 Å². The van der Waals surface area contributed by atoms with Crippen molar-refractivity contribution in [1.82, 2.24) is 9.78 Å². The van der Waals surface area contributed by atoms with Crippen LogP contribution in [-0.4, -0.2) is 15.6 Å². The number of hydrogen-bond donors (Lipinski definition) is 0. The molecule has 0 unspecified atom stereocenters. The van der Waals surface area contributed by atoms with Gasteiger partial charge in [0.15, 0.2) is 17.4 Å². The highest BCUT2D eigenvalue weighted by Crippen LogP contribution is 2.14. The van der Waals surface area contributed by atoms with Crippen LogP contribution < -0.4 is 0 Å². The van der Waals surface area contributed by atoms with Crippen molar-refractivity contribution in [3.63, 3.8) is 0 Å². The summed E-state index contributed by atoms with van der Waals surface area (Å²) in [5, 5.41) is 4.04. The zero-order chi connectivity index (χ0) is 13.8. The van der Waals surface area contributed by atoms with E-state index in [1.54, 1.807) is 10.7 Å². The highest BCUT2D eigenvalue weighted by Gasteiger charge is 2.16. The number of hydrogen-bond acceptors (Lipinski definition) is 2. The highest BCUT2D eigenvalue weighted by atomic mass is 19.2. The molecular formula is C14H14F2N2O. The van der Waals surface area contributed by atoms with Crippen LogP contribution in [0, 0.1) is 11.6 Å². The number of carbonyl (C=O) groups excluding carboxylic acids is 1. The van der Waals surface area contributed by atoms with Crippen molar-refractivity contribution in [2.24, 2.45) is 0 Å². The fourth-order valence-electron chi connectivity index (χ4n) is 1.91. The number of halogens is 2. The minimum atomic E-state index is -0.961. The van der Waals surface area contributed by atoms with Crippen molar-refractivity contribution in [1.29, 1.82) is 0 Å². The summed E-state index contributed by atoms with van der Waals surface area (Å²) in [6, 6.07) is 5.43. The van der Waals surface area contributed by atoms with Gasteiger partial charge in [-0.3, -0.25) is 9.48 Å². The van der Waals surface area contributed by atoms with Crippen molar-refractivity contribution in [3.05, 3.63) is 53.4 Å². The second-order valence-electron chi connectivity index (χ2n) is 4.25. The molecule has 0 amide bonds. The molecule has 0 bridgehead atoms. The number of nitrogens with zero attached hydrogens (tertiary/aromatic N) is 2. The van der Waals surface area contributed by atoms with E-state index in [4.69, 9.17) is 0 Å². The molecule has 0 aliphatic carbocycles. The van der Waals surface area contributed by atoms with Gasteiger partial charge in [-0.05, 0) is 24.1 Å². The van der Waals surface area contributed by atoms with Gasteiger partial charge < -0.3 is 0 Å². The maximum absolute atomic E-state index is 13.5. The van der Waals surface area contributed by atoms with Gasteiger partial charge in [0.2, 0.25) is 0 Å². The first kappa shape index (κ1) is 13.4. The lowest BCUT2D eigenvalue weighted by atomic mass is 10.1. The third-order valence-electron chi connectivity index (χ3n) is 2.82. The Labute approximate surface area is 109 Å². The second-order valence-corrected chi connectivity index (χ2v) is 4.25. The largest absolute Gasteiger partial charge is 0.292 e. The van der Waals surface area contributed by atoms with Crippen LogP contribution in [0.1, 0.15) is 29.4 Å². The lowest BCUT2D eigenvalue weighted by molar-refractivity contribution is 0.0981. The zero-order valence-electron chi connectivity index (χ0n) is 10.6. The van der Waals surface area contributed by atoms with E-state index < -0.39 is 11.6 Å². The number of ketones is 1. The Kier molecular flexibility index (Phi) is 4.04. The van der Waals surface area contributed by atoms with E-state index in [1.165, 1.54) is 18.3 Å². The molecule has 100 valence electrons. The zero-order valence-corrected chi connectivity index (χ0v) is 10.6. The predicted molar refractivity (Wildman–Crippen MR) is 66.9 cm³/mol. The third-order valence-corrected chi connectivity index (χ3v) is 2.82. The lowest BCUT2D eigenvalue weighted by Gasteiger charge is -2.06. The molecule has 1 aromatic heterocycles. The molecule has 1 heterocycles. The van der Waals surface area contributed by atoms with Crippen LogP contribution in [0.4, 0.5) is 8.78 Å². The van der Waals surface area contributed by atoms with Crippen molar-refractivity contribution >= 4 is 5.78 Å². The molecule has 3 nitrogen and oxygen atoms in total. The molecule has 2 aromatic rings. The molecule has 0 radical (unpaired) electrons. The van der Waals surface area contributed by atoms with Gasteiger partial charge in [-0.2, -0.15) is 5.10 Å². The summed E-state index contributed by atoms with van der Waals surface area (Å²) >= 11 is 0. The lowest BCUT2D eigenvalue weighted by Crippen LogP contribution is -2.13. The average Bonchev–Trinajstić information content (AvgIpc) is 2.84. The molecule has 0 N–H and O–H groups in total. The molecule has 0 spiro atoms. The van der Waals surface area contributed by atoms with E-state index in [1.807, 2.05) is 6.92 Å². The van der Waals surface area contributed by atoms with Crippen molar-refractivity contribution in [3.8, 4) is 0 Å². The van der Waals surface area contributed by atoms with Gasteiger partial charge in [-0.1, -0.05) is 19.1 Å². The predicted octanol–water partition coefficient (Wildman–Crippen LogP) is 3.00. The Hall–Kier alpha value is -2.04. The SMILES string of the molecule is CCCn1nccc1C(=O)Cc1cccc(F)c1F. The first-order valence-corrected chi connectivity index (χ1v) is 6.11. The van der Waals surface area contributed by atoms with Crippen LogP contribution in [0.25, 0.3) is 0 Å². The standard InChI is InChI=1S/C14H14F2N2O/c1-2-8-18-12(6-7-17-18)13(19)9-10-4-3-5-11(15)14(10)16/h3-7H,2,8-9H2,1H3. The quantitative estimate of drug-likeness (QED) is 0.778. The summed E-state index contributed by atoms with van der Waals surface area (Å²) in [6.07, 6.45) is 2.21. The Morgan fingerprint density at radius 2 is 2.11 bits per heavy atom. The number of benzene rings is 1. The van der Waals surface area contributed by atoms with Crippen LogP contribution in [-0.2, 0) is 13.0 Å². The highest BCUT2D eigenvalue weighted by molar-refractivity contribution is 5.95. The Morgan fingerprint density at radius 1 is 1.32 bits per heavy atom. The van der Waals surface area contributed by atoms with Crippen LogP contribution in [0.5, 0.6) is 0 Å². The number of aromatic nitrogens is 2. The molecule has 0 saturated heterocycles. The second kappa shape index (κ2) is 5.73. The third kappa shape index (κ3) is 2.86. The first-order valence-electron chi connectivity index (χ1n) is 6.11. The molecule has 0 aliphatic rings. The molecule has 0 aliphatic heterocycles. The first-order chi connectivity index (χ1) is 9.13. The summed E-state index contributed by atoms with van der Waals surface area (Å²) in [4.78, 5) is 12.1. The molecule has 19 heavy (non-hydrogen) atoms. The van der Waals surface area contributed by atoms with Crippen LogP contribution in [0.2, 0.25) is 0 Å². The van der Waals surface area contributed by atoms with Crippen LogP contribution in [0.3, 0.4) is 0 Å². The van der Waals surface area contributed by atoms with Crippen LogP contribution in [0.15, 0.2) is 30.5 Å². The van der Waals surface area contributed by atoms with E-state index in [0.717, 1.165) is 12.5 Å². The van der Waals surface area contributed by atoms with Gasteiger partial charge in [-0.25, -0.2) is 8.78 Å². The van der Waals surface area contributed by atoms with Crippen molar-refractivity contribution in [2.75, 3.05) is 0 Å². The van der Waals surface area contributed by atoms with Gasteiger partial charge in [-0.15, -0.1) is 0 Å². The molecule has 0 atom stereocenters. The molecule has 5 heteroatoms. The van der Waals surface area contributed by atoms with Crippen LogP contribution >= 0.6 is 0 Å². The van der Waals surface area contributed by atoms with Gasteiger partial charge in [0.1, 0.15) is 5.69 Å². The van der Waals surface area contributed by atoms with Gasteiger partial charge in [0.05, 0.1) is 0 Å². The smallest absolute Gasteiger partial charge is 0.185 e. The maximum Gasteiger partial charge on any atom is 0.185 e. The maximum atomic E-state index is 13.5. The number of rotatable bonds is 5. The molecule has 0 saturated carbocycles. The Bertz CT molecular complexity index is 593. The summed E-state index contributed by atoms with van der Waals surface area (Å²) in [7, 11) is 0. The number of Topliss-reactive ketones (excluding diaryl/α,β-unsaturated/α-hetero) is 1. The fraction of sp³-hybridized carbons (Fsp3) is 0.286. The van der Waals surface area contributed by atoms with E-state index >= 15 is 0 Å². The number of aryl methyl sites for hydroxylation is 1. The Balaban J connectivity index is 2.21. The number of carbonyl (C=O) groups is 1. The van der Waals surface area contributed by atoms with Crippen molar-refractivity contribution in [2.45, 2.75) is 26.3 Å². The summed E-state index contributed by atoms with van der Waals surface area (Å²) in [6.45, 7) is 2.60. The van der Waals surface area contributed by atoms with E-state index in [0.29, 0.717) is 12.2 Å². The van der Waals surface area contributed by atoms with E-state index in [9.17, 15) is 13.6 Å². The summed E-state index contributed by atoms with van der Waals surface area (Å²) in [5.41, 5.74) is 0.486. The monoisotopic (exact) mass is 264 g/mol. The van der Waals surface area contributed by atoms with Gasteiger partial charge >= 0.3 is 0 Å². The molecular weight excluding hydrogens is 250 g/mol. The minimum Gasteiger partial charge on any atom is -0.292 e. The fourth-order valence-corrected chi connectivity index (χ4v) is 1.91. The van der Waals surface area contributed by atoms with E-state index in [2.05, 4.69) is 5.10 Å². The summed E-state index contributed by atoms with van der Waals surface area (Å²) in [5.74, 6) is -2.17. The average molecular weight is 264 g/mol.